The third-order valence-corrected chi connectivity index (χ3v) is 3.99. The second-order valence-corrected chi connectivity index (χ2v) is 5.71. The van der Waals surface area contributed by atoms with Gasteiger partial charge in [-0.05, 0) is 6.92 Å². The average Bonchev–Trinajstić information content (AvgIpc) is 2.96. The molecule has 21 heavy (non-hydrogen) atoms. The van der Waals surface area contributed by atoms with Crippen molar-refractivity contribution < 1.29 is 4.79 Å². The molecule has 0 saturated heterocycles. The molecular formula is C11H14N6O3S. The third kappa shape index (κ3) is 2.61. The van der Waals surface area contributed by atoms with Crippen LogP contribution in [-0.2, 0) is 14.1 Å². The fraction of sp³-hybridized carbons (Fsp3) is 0.364. The van der Waals surface area contributed by atoms with Crippen LogP contribution in [0.4, 0.5) is 5.82 Å². The summed E-state index contributed by atoms with van der Waals surface area (Å²) in [7, 11) is 2.71. The maximum absolute atomic E-state index is 12.4. The van der Waals surface area contributed by atoms with Crippen LogP contribution in [0, 0.1) is 0 Å². The zero-order chi connectivity index (χ0) is 15.7. The second-order valence-electron chi connectivity index (χ2n) is 4.38. The Bertz CT molecular complexity index is 792. The van der Waals surface area contributed by atoms with Gasteiger partial charge in [-0.1, -0.05) is 11.8 Å². The van der Waals surface area contributed by atoms with Crippen LogP contribution < -0.4 is 17.0 Å². The van der Waals surface area contributed by atoms with Crippen LogP contribution in [0.1, 0.15) is 17.3 Å². The number of hydrogen-bond donors (Lipinski definition) is 2. The van der Waals surface area contributed by atoms with Gasteiger partial charge in [0.25, 0.3) is 5.56 Å². The van der Waals surface area contributed by atoms with Gasteiger partial charge in [0.1, 0.15) is 17.7 Å². The predicted octanol–water partition coefficient (Wildman–Crippen LogP) is -0.852. The van der Waals surface area contributed by atoms with Crippen LogP contribution in [0.25, 0.3) is 0 Å². The van der Waals surface area contributed by atoms with Crippen molar-refractivity contribution in [2.45, 2.75) is 17.3 Å². The number of anilines is 1. The molecule has 1 atom stereocenters. The van der Waals surface area contributed by atoms with Crippen LogP contribution in [0.3, 0.4) is 0 Å². The van der Waals surface area contributed by atoms with Crippen molar-refractivity contribution in [3.8, 4) is 0 Å². The number of H-pyrrole nitrogens is 1. The van der Waals surface area contributed by atoms with E-state index in [2.05, 4.69) is 15.2 Å². The first-order chi connectivity index (χ1) is 9.84. The number of hydrogen-bond acceptors (Lipinski definition) is 7. The molecule has 2 rings (SSSR count). The minimum absolute atomic E-state index is 0.141. The van der Waals surface area contributed by atoms with Gasteiger partial charge in [0.15, 0.2) is 10.9 Å². The zero-order valence-electron chi connectivity index (χ0n) is 11.7. The lowest BCUT2D eigenvalue weighted by Crippen LogP contribution is -2.42. The lowest BCUT2D eigenvalue weighted by atomic mass is 10.1. The molecule has 2 aromatic rings. The van der Waals surface area contributed by atoms with Crippen LogP contribution in [0.15, 0.2) is 21.1 Å². The number of Topliss-reactive ketones (excluding diaryl/α,β-unsaturated/α-hetero) is 1. The Hall–Kier alpha value is -2.36. The Labute approximate surface area is 123 Å². The van der Waals surface area contributed by atoms with Gasteiger partial charge in [0.05, 0.1) is 5.25 Å². The van der Waals surface area contributed by atoms with Gasteiger partial charge in [-0.2, -0.15) is 5.10 Å². The van der Waals surface area contributed by atoms with Crippen molar-refractivity contribution in [3.05, 3.63) is 32.7 Å². The van der Waals surface area contributed by atoms with E-state index in [1.54, 1.807) is 6.92 Å². The average molecular weight is 310 g/mol. The normalized spacial score (nSPS) is 12.3. The first kappa shape index (κ1) is 15.0. The van der Waals surface area contributed by atoms with Crippen molar-refractivity contribution in [2.24, 2.45) is 14.1 Å². The number of nitrogens with one attached hydrogen (secondary N) is 1. The molecule has 0 aliphatic carbocycles. The van der Waals surface area contributed by atoms with E-state index in [4.69, 9.17) is 5.73 Å². The second kappa shape index (κ2) is 5.56. The highest BCUT2D eigenvalue weighted by molar-refractivity contribution is 8.00. The van der Waals surface area contributed by atoms with Gasteiger partial charge in [-0.25, -0.2) is 9.78 Å². The molecule has 0 saturated carbocycles. The van der Waals surface area contributed by atoms with Crippen molar-refractivity contribution in [3.63, 3.8) is 0 Å². The Morgan fingerprint density at radius 3 is 2.62 bits per heavy atom. The molecule has 3 N–H and O–H groups in total. The van der Waals surface area contributed by atoms with Crippen LogP contribution in [0.2, 0.25) is 0 Å². The Morgan fingerprint density at radius 2 is 2.05 bits per heavy atom. The van der Waals surface area contributed by atoms with Crippen molar-refractivity contribution in [1.82, 2.24) is 24.3 Å². The van der Waals surface area contributed by atoms with E-state index < -0.39 is 22.3 Å². The van der Waals surface area contributed by atoms with Crippen LogP contribution in [-0.4, -0.2) is 35.3 Å². The molecule has 0 aliphatic heterocycles. The molecule has 10 heteroatoms. The Balaban J connectivity index is 2.44. The topological polar surface area (TPSA) is 129 Å². The summed E-state index contributed by atoms with van der Waals surface area (Å²) in [6, 6.07) is 0. The smallest absolute Gasteiger partial charge is 0.332 e. The van der Waals surface area contributed by atoms with Gasteiger partial charge in [-0.15, -0.1) is 0 Å². The first-order valence-corrected chi connectivity index (χ1v) is 6.84. The quantitative estimate of drug-likeness (QED) is 0.555. The number of aromatic nitrogens is 5. The van der Waals surface area contributed by atoms with E-state index in [-0.39, 0.29) is 11.4 Å². The lowest BCUT2D eigenvalue weighted by Gasteiger charge is -2.13. The fourth-order valence-electron chi connectivity index (χ4n) is 1.77. The number of nitrogens with zero attached hydrogens (tertiary/aromatic N) is 4. The van der Waals surface area contributed by atoms with E-state index in [9.17, 15) is 14.4 Å². The molecule has 2 heterocycles. The molecule has 0 unspecified atom stereocenters. The summed E-state index contributed by atoms with van der Waals surface area (Å²) in [6.45, 7) is 1.62. The maximum Gasteiger partial charge on any atom is 0.332 e. The Morgan fingerprint density at radius 1 is 1.38 bits per heavy atom. The molecule has 0 amide bonds. The third-order valence-electron chi connectivity index (χ3n) is 3.01. The zero-order valence-corrected chi connectivity index (χ0v) is 12.5. The summed E-state index contributed by atoms with van der Waals surface area (Å²) in [5.41, 5.74) is 4.27. The number of thioether (sulfide) groups is 1. The van der Waals surface area contributed by atoms with E-state index in [0.29, 0.717) is 5.16 Å². The van der Waals surface area contributed by atoms with Gasteiger partial charge >= 0.3 is 5.69 Å². The van der Waals surface area contributed by atoms with E-state index in [1.807, 2.05) is 0 Å². The van der Waals surface area contributed by atoms with Crippen LogP contribution >= 0.6 is 11.8 Å². The molecule has 0 aliphatic rings. The Kier molecular flexibility index (Phi) is 3.98. The van der Waals surface area contributed by atoms with E-state index in [1.165, 1.54) is 20.4 Å². The molecule has 0 aromatic carbocycles. The molecule has 112 valence electrons. The van der Waals surface area contributed by atoms with Crippen molar-refractivity contribution in [2.75, 3.05) is 5.73 Å². The minimum Gasteiger partial charge on any atom is -0.384 e. The molecule has 0 spiro atoms. The highest BCUT2D eigenvalue weighted by atomic mass is 32.2. The first-order valence-electron chi connectivity index (χ1n) is 5.96. The number of aromatic amines is 1. The molecule has 0 radical (unpaired) electrons. The molecule has 2 aromatic heterocycles. The number of carbonyl (C=O) groups is 1. The van der Waals surface area contributed by atoms with Gasteiger partial charge in [0, 0.05) is 14.1 Å². The minimum atomic E-state index is -0.703. The molecular weight excluding hydrogens is 296 g/mol. The van der Waals surface area contributed by atoms with Crippen molar-refractivity contribution in [1.29, 1.82) is 0 Å². The summed E-state index contributed by atoms with van der Waals surface area (Å²) >= 11 is 1.12. The summed E-state index contributed by atoms with van der Waals surface area (Å²) in [4.78, 5) is 40.2. The summed E-state index contributed by atoms with van der Waals surface area (Å²) in [6.07, 6.45) is 1.32. The van der Waals surface area contributed by atoms with Gasteiger partial charge in [-0.3, -0.25) is 23.8 Å². The number of carbonyl (C=O) groups excluding carboxylic acids is 1. The van der Waals surface area contributed by atoms with Gasteiger partial charge < -0.3 is 5.73 Å². The largest absolute Gasteiger partial charge is 0.384 e. The van der Waals surface area contributed by atoms with Crippen LogP contribution in [0.5, 0.6) is 0 Å². The van der Waals surface area contributed by atoms with Crippen molar-refractivity contribution >= 4 is 23.4 Å². The summed E-state index contributed by atoms with van der Waals surface area (Å²) in [5, 5.41) is 6.14. The number of nitrogens with two attached hydrogens (primary N) is 1. The predicted molar refractivity (Wildman–Crippen MR) is 77.4 cm³/mol. The molecule has 9 nitrogen and oxygen atoms in total. The molecule has 0 bridgehead atoms. The van der Waals surface area contributed by atoms with E-state index >= 15 is 0 Å². The number of ketones is 1. The highest BCUT2D eigenvalue weighted by Crippen LogP contribution is 2.22. The SMILES string of the molecule is C[C@@H](Sc1ncn[nH]1)C(=O)c1c(N)n(C)c(=O)n(C)c1=O. The van der Waals surface area contributed by atoms with E-state index in [0.717, 1.165) is 20.9 Å². The number of nitrogen functional groups attached to an aromatic ring is 1. The maximum atomic E-state index is 12.4. The fourth-order valence-corrected chi connectivity index (χ4v) is 2.54. The summed E-state index contributed by atoms with van der Waals surface area (Å²) in [5.74, 6) is -0.608. The standard InChI is InChI=1S/C11H14N6O3S/c1-5(21-10-13-4-14-15-10)7(18)6-8(12)16(2)11(20)17(3)9(6)19/h4-5H,12H2,1-3H3,(H,13,14,15)/t5-/m1/s1. The highest BCUT2D eigenvalue weighted by Gasteiger charge is 2.25. The summed E-state index contributed by atoms with van der Waals surface area (Å²) < 4.78 is 1.93. The number of rotatable bonds is 4. The lowest BCUT2D eigenvalue weighted by molar-refractivity contribution is 0.0992. The monoisotopic (exact) mass is 310 g/mol. The molecule has 0 fully saturated rings. The van der Waals surface area contributed by atoms with Gasteiger partial charge in [0.2, 0.25) is 0 Å².